The number of alkyl halides is 3. The summed E-state index contributed by atoms with van der Waals surface area (Å²) in [5.41, 5.74) is -1.03. The summed E-state index contributed by atoms with van der Waals surface area (Å²) >= 11 is 0. The number of pyridine rings is 1. The first-order chi connectivity index (χ1) is 20.1. The minimum absolute atomic E-state index is 0.0156. The second-order valence-corrected chi connectivity index (χ2v) is 10.1. The quantitative estimate of drug-likeness (QED) is 0.350. The zero-order valence-electron chi connectivity index (χ0n) is 21.9. The first-order valence-corrected chi connectivity index (χ1v) is 13.1. The van der Waals surface area contributed by atoms with Crippen molar-refractivity contribution in [3.05, 3.63) is 95.8 Å². The first kappa shape index (κ1) is 27.4. The number of nitrogens with one attached hydrogen (secondary N) is 1. The van der Waals surface area contributed by atoms with E-state index in [9.17, 15) is 31.5 Å². The van der Waals surface area contributed by atoms with E-state index in [0.29, 0.717) is 36.4 Å². The van der Waals surface area contributed by atoms with E-state index in [4.69, 9.17) is 0 Å². The maximum absolute atomic E-state index is 14.5. The molecule has 6 rings (SSSR count). The Labute approximate surface area is 236 Å². The van der Waals surface area contributed by atoms with Gasteiger partial charge in [0, 0.05) is 31.0 Å². The van der Waals surface area contributed by atoms with Crippen molar-refractivity contribution in [1.82, 2.24) is 25.0 Å². The van der Waals surface area contributed by atoms with Crippen molar-refractivity contribution in [3.63, 3.8) is 0 Å². The van der Waals surface area contributed by atoms with Gasteiger partial charge in [-0.05, 0) is 67.4 Å². The maximum Gasteiger partial charge on any atom is 0.419 e. The van der Waals surface area contributed by atoms with Gasteiger partial charge in [-0.15, -0.1) is 0 Å². The summed E-state index contributed by atoms with van der Waals surface area (Å²) in [5, 5.41) is 7.20. The summed E-state index contributed by atoms with van der Waals surface area (Å²) in [5.74, 6) is -2.50. The molecule has 2 aromatic heterocycles. The van der Waals surface area contributed by atoms with Crippen LogP contribution in [0.5, 0.6) is 0 Å². The van der Waals surface area contributed by atoms with E-state index < -0.39 is 34.8 Å². The molecule has 0 bridgehead atoms. The Bertz CT molecular complexity index is 1650. The zero-order chi connectivity index (χ0) is 29.6. The van der Waals surface area contributed by atoms with Gasteiger partial charge in [0.25, 0.3) is 5.91 Å². The molecule has 2 aromatic carbocycles. The van der Waals surface area contributed by atoms with Gasteiger partial charge < -0.3 is 15.1 Å². The third-order valence-electron chi connectivity index (χ3n) is 7.71. The van der Waals surface area contributed by atoms with Crippen molar-refractivity contribution >= 4 is 17.5 Å². The molecule has 4 aromatic rings. The van der Waals surface area contributed by atoms with Crippen molar-refractivity contribution < 1.29 is 31.5 Å². The van der Waals surface area contributed by atoms with E-state index >= 15 is 0 Å². The normalized spacial score (nSPS) is 16.6. The molecule has 216 valence electrons. The van der Waals surface area contributed by atoms with Crippen LogP contribution in [0.25, 0.3) is 17.1 Å². The van der Waals surface area contributed by atoms with E-state index in [-0.39, 0.29) is 42.7 Å². The van der Waals surface area contributed by atoms with E-state index in [0.717, 1.165) is 6.07 Å². The smallest absolute Gasteiger partial charge is 0.339 e. The zero-order valence-corrected chi connectivity index (χ0v) is 21.9. The fourth-order valence-electron chi connectivity index (χ4n) is 5.53. The number of hydrogen-bond acceptors (Lipinski definition) is 5. The molecule has 2 aliphatic rings. The van der Waals surface area contributed by atoms with Crippen LogP contribution in [0.3, 0.4) is 0 Å². The highest BCUT2D eigenvalue weighted by molar-refractivity contribution is 5.96. The minimum atomic E-state index is -4.87. The van der Waals surface area contributed by atoms with Gasteiger partial charge in [-0.25, -0.2) is 13.5 Å². The van der Waals surface area contributed by atoms with Crippen molar-refractivity contribution in [2.75, 3.05) is 24.7 Å². The second kappa shape index (κ2) is 10.2. The van der Waals surface area contributed by atoms with Gasteiger partial charge in [0.05, 0.1) is 29.3 Å². The van der Waals surface area contributed by atoms with E-state index in [1.165, 1.54) is 29.1 Å². The number of likely N-dealkylation sites (tertiary alicyclic amines) is 1. The molecule has 2 saturated heterocycles. The van der Waals surface area contributed by atoms with Crippen LogP contribution in [0.1, 0.15) is 28.9 Å². The molecule has 0 unspecified atom stereocenters. The molecule has 13 heteroatoms. The predicted molar refractivity (Wildman–Crippen MR) is 142 cm³/mol. The van der Waals surface area contributed by atoms with Crippen LogP contribution in [0, 0.1) is 11.6 Å². The molecule has 0 aliphatic carbocycles. The summed E-state index contributed by atoms with van der Waals surface area (Å²) in [6.07, 6.45) is -2.75. The number of halogens is 5. The lowest BCUT2D eigenvalue weighted by Gasteiger charge is -2.43. The molecule has 2 fully saturated rings. The van der Waals surface area contributed by atoms with Gasteiger partial charge in [-0.3, -0.25) is 14.6 Å². The molecule has 42 heavy (non-hydrogen) atoms. The van der Waals surface area contributed by atoms with Crippen LogP contribution in [0.4, 0.5) is 27.6 Å². The maximum atomic E-state index is 14.5. The van der Waals surface area contributed by atoms with E-state index in [1.807, 2.05) is 4.90 Å². The second-order valence-electron chi connectivity index (χ2n) is 10.1. The van der Waals surface area contributed by atoms with Crippen LogP contribution in [0.2, 0.25) is 0 Å². The van der Waals surface area contributed by atoms with Crippen LogP contribution in [-0.4, -0.2) is 56.8 Å². The first-order valence-electron chi connectivity index (χ1n) is 13.1. The van der Waals surface area contributed by atoms with Crippen LogP contribution in [0.15, 0.2) is 72.9 Å². The van der Waals surface area contributed by atoms with Crippen LogP contribution >= 0.6 is 0 Å². The predicted octanol–water partition coefficient (Wildman–Crippen LogP) is 4.80. The lowest BCUT2D eigenvalue weighted by molar-refractivity contribution is -0.140. The SMILES string of the molecule is O=C(c1cc(-c2ccccn2)n(-c2ccc(C(F)(F)F)c(F)c2)n1)N1CCC2(CC1)C(=O)NCN2c1ccc(F)cc1. The number of hydrogen-bond donors (Lipinski definition) is 1. The topological polar surface area (TPSA) is 83.4 Å². The van der Waals surface area contributed by atoms with Crippen LogP contribution in [-0.2, 0) is 11.0 Å². The summed E-state index contributed by atoms with van der Waals surface area (Å²) in [7, 11) is 0. The molecule has 0 radical (unpaired) electrons. The van der Waals surface area contributed by atoms with Gasteiger partial charge in [0.1, 0.15) is 17.2 Å². The van der Waals surface area contributed by atoms with Crippen molar-refractivity contribution in [3.8, 4) is 17.1 Å². The van der Waals surface area contributed by atoms with Crippen molar-refractivity contribution in [1.29, 1.82) is 0 Å². The fraction of sp³-hybridized carbons (Fsp3) is 0.241. The number of amides is 2. The molecular weight excluding hydrogens is 559 g/mol. The molecule has 0 saturated carbocycles. The van der Waals surface area contributed by atoms with Gasteiger partial charge in [0.2, 0.25) is 5.91 Å². The lowest BCUT2D eigenvalue weighted by Crippen LogP contribution is -2.57. The number of aromatic nitrogens is 3. The molecule has 1 N–H and O–H groups in total. The Morgan fingerprint density at radius 3 is 2.29 bits per heavy atom. The van der Waals surface area contributed by atoms with E-state index in [1.54, 1.807) is 35.2 Å². The Balaban J connectivity index is 1.29. The largest absolute Gasteiger partial charge is 0.419 e. The molecule has 0 atom stereocenters. The Hall–Kier alpha value is -4.81. The monoisotopic (exact) mass is 582 g/mol. The lowest BCUT2D eigenvalue weighted by atomic mass is 9.85. The molecule has 1 spiro atoms. The van der Waals surface area contributed by atoms with Crippen molar-refractivity contribution in [2.24, 2.45) is 0 Å². The Kier molecular flexibility index (Phi) is 6.66. The van der Waals surface area contributed by atoms with Gasteiger partial charge in [-0.1, -0.05) is 6.07 Å². The van der Waals surface area contributed by atoms with Crippen molar-refractivity contribution in [2.45, 2.75) is 24.6 Å². The summed E-state index contributed by atoms with van der Waals surface area (Å²) in [4.78, 5) is 34.3. The minimum Gasteiger partial charge on any atom is -0.339 e. The summed E-state index contributed by atoms with van der Waals surface area (Å²) < 4.78 is 68.6. The number of carbonyl (C=O) groups excluding carboxylic acids is 2. The van der Waals surface area contributed by atoms with Gasteiger partial charge in [-0.2, -0.15) is 18.3 Å². The van der Waals surface area contributed by atoms with E-state index in [2.05, 4.69) is 15.4 Å². The molecule has 8 nitrogen and oxygen atoms in total. The Morgan fingerprint density at radius 1 is 0.929 bits per heavy atom. The molecule has 2 amide bonds. The number of piperidine rings is 1. The molecule has 4 heterocycles. The average molecular weight is 583 g/mol. The Morgan fingerprint density at radius 2 is 1.64 bits per heavy atom. The number of rotatable bonds is 4. The summed E-state index contributed by atoms with van der Waals surface area (Å²) in [6, 6.07) is 14.7. The highest BCUT2D eigenvalue weighted by atomic mass is 19.4. The third-order valence-corrected chi connectivity index (χ3v) is 7.71. The fourth-order valence-corrected chi connectivity index (χ4v) is 5.53. The van der Waals surface area contributed by atoms with Crippen LogP contribution < -0.4 is 10.2 Å². The number of anilines is 1. The number of nitrogens with zero attached hydrogens (tertiary/aromatic N) is 5. The van der Waals surface area contributed by atoms with Gasteiger partial charge in [0.15, 0.2) is 5.69 Å². The molecular formula is C29H23F5N6O2. The average Bonchev–Trinajstić information content (AvgIpc) is 3.56. The third kappa shape index (κ3) is 4.74. The number of benzene rings is 2. The van der Waals surface area contributed by atoms with Gasteiger partial charge >= 0.3 is 6.18 Å². The molecule has 2 aliphatic heterocycles. The number of carbonyl (C=O) groups is 2. The highest BCUT2D eigenvalue weighted by Gasteiger charge is 2.51. The summed E-state index contributed by atoms with van der Waals surface area (Å²) in [6.45, 7) is 0.676. The standard InChI is InChI=1S/C29H23F5N6O2/c30-18-4-6-19(7-5-18)39-17-36-27(42)28(39)10-13-38(14-11-28)26(41)24-16-25(23-3-1-2-12-35-23)40(37-24)20-8-9-21(22(31)15-20)29(32,33)34/h1-9,12,15-16H,10-11,13-14,17H2,(H,36,42). The highest BCUT2D eigenvalue weighted by Crippen LogP contribution is 2.37.